The molecule has 7 heterocycles. The molecule has 93 heavy (non-hydrogen) atoms. The van der Waals surface area contributed by atoms with Crippen molar-refractivity contribution in [2.75, 3.05) is 13.2 Å². The third kappa shape index (κ3) is 14.6. The first kappa shape index (κ1) is 75.0. The molecule has 2 fully saturated rings. The number of allylic oxidation sites excluding steroid dienone is 6. The third-order valence-electron chi connectivity index (χ3n) is 20.5. The molecular weight excluding hydrogens is 1270 g/mol. The Balaban J connectivity index is 0.00000453. The van der Waals surface area contributed by atoms with Crippen LogP contribution in [0.3, 0.4) is 0 Å². The van der Waals surface area contributed by atoms with Crippen LogP contribution >= 0.6 is 7.82 Å². The molecule has 6 aliphatic rings. The zero-order valence-electron chi connectivity index (χ0n) is 54.4. The second kappa shape index (κ2) is 28.5. The van der Waals surface area contributed by atoms with Gasteiger partial charge >= 0.3 is 16.8 Å². The van der Waals surface area contributed by atoms with E-state index in [0.717, 1.165) is 11.1 Å². The number of hydrogen-bond donors (Lipinski definition) is 9. The number of aryl methyl sites for hydroxylation is 2. The Bertz CT molecular complexity index is 3600. The van der Waals surface area contributed by atoms with Crippen molar-refractivity contribution in [1.82, 2.24) is 14.9 Å². The zero-order valence-corrected chi connectivity index (χ0v) is 56.4. The van der Waals surface area contributed by atoms with Crippen molar-refractivity contribution >= 4 is 77.3 Å². The predicted molar refractivity (Wildman–Crippen MR) is 337 cm³/mol. The minimum Gasteiger partial charge on any atom is -0.756 e. The van der Waals surface area contributed by atoms with E-state index in [1.54, 1.807) is 6.92 Å². The van der Waals surface area contributed by atoms with Crippen molar-refractivity contribution < 1.29 is 83.8 Å². The van der Waals surface area contributed by atoms with Crippen LogP contribution in [0, 0.1) is 71.0 Å². The fourth-order valence-corrected chi connectivity index (χ4v) is 16.4. The number of carbonyl (C=O) groups is 7. The van der Waals surface area contributed by atoms with E-state index in [1.165, 1.54) is 17.8 Å². The quantitative estimate of drug-likeness (QED) is 0.0481. The molecule has 2 aromatic rings. The summed E-state index contributed by atoms with van der Waals surface area (Å²) in [5, 5.41) is 36.4. The van der Waals surface area contributed by atoms with Crippen LogP contribution < -0.4 is 44.6 Å². The number of phosphoric ester groups is 1. The smallest absolute Gasteiger partial charge is 0.756 e. The van der Waals surface area contributed by atoms with E-state index in [9.17, 15) is 53.2 Å². The maximum absolute atomic E-state index is 14.4. The van der Waals surface area contributed by atoms with Gasteiger partial charge in [-0.25, -0.2) is 4.98 Å². The van der Waals surface area contributed by atoms with Gasteiger partial charge in [-0.2, -0.15) is 5.70 Å². The van der Waals surface area contributed by atoms with Gasteiger partial charge in [0.05, 0.1) is 41.3 Å². The van der Waals surface area contributed by atoms with E-state index in [1.807, 2.05) is 80.5 Å². The van der Waals surface area contributed by atoms with Crippen LogP contribution in [0.25, 0.3) is 16.4 Å². The van der Waals surface area contributed by atoms with Crippen molar-refractivity contribution in [2.45, 2.75) is 189 Å². The van der Waals surface area contributed by atoms with E-state index in [-0.39, 0.29) is 94.0 Å². The SMILES string of the molecule is C/C1=C2/[N-][C@H]([C@H](CC(N)=O)[C@@]2(C)CCC(=O)NCC(C)OP(=O)([O-])O[C@@H]2[C@@H](O)[C@H](n3cnc4cc(C)c(C)cc43)O[C@H]2CO)[C@]2(C)N=C(/C(C)=C3\N=C(C=C4N=C1[C@@H](CCC(N)=O)C4(C)C)[C@@H](CCC(N)=O)[C@]3(C)CC(N)=O)[C@@H](CCC(N)=O)[C@]2(C)CC(N)=O.[C-]#N.[Co+3]. The summed E-state index contributed by atoms with van der Waals surface area (Å²) in [7, 11) is -5.32. The van der Waals surface area contributed by atoms with Gasteiger partial charge in [-0.1, -0.05) is 40.7 Å². The molecular formula is C63H88CoN14O14P. The largest absolute Gasteiger partial charge is 3.00 e. The summed E-state index contributed by atoms with van der Waals surface area (Å²) < 4.78 is 31.9. The number of aromatic nitrogens is 2. The predicted octanol–water partition coefficient (Wildman–Crippen LogP) is 3.41. The third-order valence-corrected chi connectivity index (χ3v) is 21.6. The fourth-order valence-electron chi connectivity index (χ4n) is 15.3. The molecule has 1 aromatic heterocycles. The Morgan fingerprint density at radius 1 is 0.806 bits per heavy atom. The van der Waals surface area contributed by atoms with Gasteiger partial charge in [0.2, 0.25) is 41.4 Å². The Morgan fingerprint density at radius 2 is 1.39 bits per heavy atom. The molecule has 2 saturated heterocycles. The summed E-state index contributed by atoms with van der Waals surface area (Å²) in [5.41, 5.74) is 36.7. The average molecular weight is 1360 g/mol. The number of hydrogen-bond acceptors (Lipinski definition) is 19. The molecule has 8 rings (SSSR count). The number of phosphoric acid groups is 1. The number of benzene rings is 1. The topological polar surface area (TPSA) is 489 Å². The number of imidazole rings is 1. The van der Waals surface area contributed by atoms with Crippen molar-refractivity contribution in [3.63, 3.8) is 0 Å². The summed E-state index contributed by atoms with van der Waals surface area (Å²) in [5.74, 6) is -7.40. The zero-order chi connectivity index (χ0) is 68.7. The number of fused-ring (bicyclic) bond motifs is 7. The summed E-state index contributed by atoms with van der Waals surface area (Å²) in [6.07, 6.45) is -4.79. The summed E-state index contributed by atoms with van der Waals surface area (Å²) in [6, 6.07) is 2.65. The van der Waals surface area contributed by atoms with Gasteiger partial charge < -0.3 is 90.3 Å². The molecule has 1 aromatic carbocycles. The molecule has 15 N–H and O–H groups in total. The maximum Gasteiger partial charge on any atom is 3.00 e. The number of amides is 7. The minimum absolute atomic E-state index is 0. The Morgan fingerprint density at radius 3 is 1.96 bits per heavy atom. The van der Waals surface area contributed by atoms with Crippen LogP contribution in [-0.2, 0) is 68.7 Å². The van der Waals surface area contributed by atoms with E-state index < -0.39 is 143 Å². The number of carbonyl (C=O) groups excluding carboxylic acids is 7. The number of nitrogens with one attached hydrogen (secondary N) is 1. The summed E-state index contributed by atoms with van der Waals surface area (Å²) in [6.45, 7) is 23.7. The first-order valence-electron chi connectivity index (χ1n) is 30.7. The first-order chi connectivity index (χ1) is 42.8. The molecule has 30 heteroatoms. The number of primary amides is 6. The molecule has 508 valence electrons. The first-order valence-corrected chi connectivity index (χ1v) is 32.2. The maximum atomic E-state index is 14.4. The molecule has 15 atom stereocenters. The van der Waals surface area contributed by atoms with Crippen molar-refractivity contribution in [3.8, 4) is 0 Å². The second-order valence-electron chi connectivity index (χ2n) is 27.0. The number of aliphatic imine (C=N–C) groups is 3. The van der Waals surface area contributed by atoms with Crippen LogP contribution in [0.15, 0.2) is 67.8 Å². The molecule has 0 aliphatic carbocycles. The van der Waals surface area contributed by atoms with Gasteiger partial charge in [-0.15, -0.1) is 0 Å². The van der Waals surface area contributed by atoms with Gasteiger partial charge in [0, 0.05) is 108 Å². The van der Waals surface area contributed by atoms with Gasteiger partial charge in [0.15, 0.2) is 6.23 Å². The molecule has 7 amide bonds. The minimum atomic E-state index is -5.32. The van der Waals surface area contributed by atoms with Gasteiger partial charge in [0.25, 0.3) is 7.82 Å². The van der Waals surface area contributed by atoms with Crippen LogP contribution in [0.5, 0.6) is 0 Å². The summed E-state index contributed by atoms with van der Waals surface area (Å²) in [4.78, 5) is 128. The number of ether oxygens (including phenoxy) is 1. The molecule has 8 bridgehead atoms. The molecule has 0 spiro atoms. The molecule has 2 unspecified atom stereocenters. The van der Waals surface area contributed by atoms with Crippen molar-refractivity contribution in [3.05, 3.63) is 75.8 Å². The number of aliphatic hydroxyl groups excluding tert-OH is 2. The van der Waals surface area contributed by atoms with Crippen molar-refractivity contribution in [1.29, 1.82) is 5.26 Å². The van der Waals surface area contributed by atoms with E-state index in [2.05, 4.69) is 10.3 Å². The van der Waals surface area contributed by atoms with E-state index >= 15 is 0 Å². The Hall–Kier alpha value is -7.00. The molecule has 28 nitrogen and oxygen atoms in total. The van der Waals surface area contributed by atoms with Crippen LogP contribution in [-0.4, -0.2) is 127 Å². The molecule has 0 radical (unpaired) electrons. The van der Waals surface area contributed by atoms with Crippen LogP contribution in [0.2, 0.25) is 0 Å². The second-order valence-corrected chi connectivity index (χ2v) is 28.3. The van der Waals surface area contributed by atoms with Gasteiger partial charge in [-0.05, 0) is 119 Å². The van der Waals surface area contributed by atoms with Gasteiger partial charge in [0.1, 0.15) is 18.3 Å². The van der Waals surface area contributed by atoms with E-state index in [0.29, 0.717) is 56.4 Å². The average Bonchev–Trinajstić information content (AvgIpc) is 1.53. The summed E-state index contributed by atoms with van der Waals surface area (Å²) >= 11 is 0. The number of nitrogens with zero attached hydrogens (tertiary/aromatic N) is 7. The van der Waals surface area contributed by atoms with Gasteiger partial charge in [-0.3, -0.25) is 53.1 Å². The normalized spacial score (nSPS) is 32.6. The number of aliphatic hydroxyl groups is 2. The molecule has 0 saturated carbocycles. The number of rotatable bonds is 26. The van der Waals surface area contributed by atoms with Crippen LogP contribution in [0.4, 0.5) is 0 Å². The Labute approximate surface area is 551 Å². The standard InChI is InChI=1S/C62H90N13O14P.CN.Co/c1-29-20-39-40(21-30(29)2)75(28-70-39)57-52(84)53(41(27-76)87-57)89-90(85,86)88-31(3)26-69-49(83)18-19-59(8)37(22-46(66)80)56-62(11)61(10,25-48(68)82)36(14-17-45(65)79)51(74-62)33(5)55-60(9,24-47(67)81)34(12-15-43(63)77)38(71-55)23-42-58(6,7)35(13-16-44(64)78)50(72-42)32(4)54(59)73-56;1-2;/h20-21,23,28,31,34-37,41,52-53,56-57,76,84H,12-19,22,24-27H2,1-11H3,(H15,63,64,65,66,67,68,69,71,72,73,74,77,78,79,80,81,82,83,85,86);;/q;-1;+3/p-2/t31?,34-,35-,36-,37+,41+,52-,53+,56-,57-,59-,60+,61+,62+;;/m1../s1. The number of nitrogens with two attached hydrogens (primary N) is 6. The monoisotopic (exact) mass is 1350 g/mol. The molecule has 6 aliphatic heterocycles. The van der Waals surface area contributed by atoms with E-state index in [4.69, 9.17) is 80.3 Å². The fraction of sp³-hybridized carbons (Fsp3) is 0.619. The Kier molecular flexibility index (Phi) is 23.0. The van der Waals surface area contributed by atoms with Crippen molar-refractivity contribution in [2.24, 2.45) is 94.7 Å². The van der Waals surface area contributed by atoms with Crippen LogP contribution in [0.1, 0.15) is 150 Å².